The van der Waals surface area contributed by atoms with Gasteiger partial charge in [0.2, 0.25) is 0 Å². The zero-order chi connectivity index (χ0) is 11.3. The normalized spacial score (nSPS) is 26.8. The Kier molecular flexibility index (Phi) is 5.11. The SMILES string of the molecule is CCCCC(NCC)C1CCCC1(C)C. The Balaban J connectivity index is 2.53. The van der Waals surface area contributed by atoms with Crippen molar-refractivity contribution in [3.05, 3.63) is 0 Å². The average molecular weight is 211 g/mol. The molecule has 1 fully saturated rings. The van der Waals surface area contributed by atoms with Crippen molar-refractivity contribution < 1.29 is 0 Å². The molecule has 0 heterocycles. The smallest absolute Gasteiger partial charge is 0.0100 e. The van der Waals surface area contributed by atoms with Crippen LogP contribution >= 0.6 is 0 Å². The second-order valence-electron chi connectivity index (χ2n) is 5.79. The van der Waals surface area contributed by atoms with E-state index < -0.39 is 0 Å². The van der Waals surface area contributed by atoms with Crippen LogP contribution in [0.25, 0.3) is 0 Å². The molecule has 1 saturated carbocycles. The second kappa shape index (κ2) is 5.89. The number of hydrogen-bond donors (Lipinski definition) is 1. The van der Waals surface area contributed by atoms with Crippen molar-refractivity contribution in [2.75, 3.05) is 6.54 Å². The molecule has 0 spiro atoms. The van der Waals surface area contributed by atoms with Gasteiger partial charge in [-0.2, -0.15) is 0 Å². The first-order valence-electron chi connectivity index (χ1n) is 6.85. The van der Waals surface area contributed by atoms with E-state index in [1.807, 2.05) is 0 Å². The maximum Gasteiger partial charge on any atom is 0.0100 e. The zero-order valence-corrected chi connectivity index (χ0v) is 11.1. The van der Waals surface area contributed by atoms with Gasteiger partial charge < -0.3 is 5.32 Å². The van der Waals surface area contributed by atoms with Crippen molar-refractivity contribution in [1.29, 1.82) is 0 Å². The Morgan fingerprint density at radius 1 is 1.33 bits per heavy atom. The molecule has 0 amide bonds. The summed E-state index contributed by atoms with van der Waals surface area (Å²) in [4.78, 5) is 0. The van der Waals surface area contributed by atoms with Crippen LogP contribution in [-0.2, 0) is 0 Å². The van der Waals surface area contributed by atoms with E-state index in [-0.39, 0.29) is 0 Å². The third-order valence-electron chi connectivity index (χ3n) is 4.16. The van der Waals surface area contributed by atoms with Crippen LogP contribution in [0, 0.1) is 11.3 Å². The molecule has 1 rings (SSSR count). The first kappa shape index (κ1) is 13.0. The summed E-state index contributed by atoms with van der Waals surface area (Å²) in [6, 6.07) is 0.771. The van der Waals surface area contributed by atoms with E-state index in [2.05, 4.69) is 33.0 Å². The van der Waals surface area contributed by atoms with Crippen LogP contribution in [0.1, 0.15) is 66.2 Å². The van der Waals surface area contributed by atoms with Gasteiger partial charge in [-0.1, -0.05) is 47.0 Å². The van der Waals surface area contributed by atoms with Gasteiger partial charge in [-0.3, -0.25) is 0 Å². The lowest BCUT2D eigenvalue weighted by Crippen LogP contribution is -2.40. The Morgan fingerprint density at radius 2 is 2.07 bits per heavy atom. The molecule has 2 unspecified atom stereocenters. The Bertz CT molecular complexity index is 174. The van der Waals surface area contributed by atoms with Crippen LogP contribution in [-0.4, -0.2) is 12.6 Å². The second-order valence-corrected chi connectivity index (χ2v) is 5.79. The van der Waals surface area contributed by atoms with Gasteiger partial charge in [0, 0.05) is 6.04 Å². The van der Waals surface area contributed by atoms with Gasteiger partial charge in [0.15, 0.2) is 0 Å². The summed E-state index contributed by atoms with van der Waals surface area (Å²) in [5.41, 5.74) is 0.570. The maximum atomic E-state index is 3.71. The Morgan fingerprint density at radius 3 is 2.53 bits per heavy atom. The molecular formula is C14H29N. The lowest BCUT2D eigenvalue weighted by molar-refractivity contribution is 0.189. The molecular weight excluding hydrogens is 182 g/mol. The molecule has 1 aliphatic carbocycles. The lowest BCUT2D eigenvalue weighted by Gasteiger charge is -2.34. The fraction of sp³-hybridized carbons (Fsp3) is 1.00. The molecule has 0 radical (unpaired) electrons. The van der Waals surface area contributed by atoms with Crippen LogP contribution in [0.2, 0.25) is 0 Å². The van der Waals surface area contributed by atoms with Gasteiger partial charge in [0.25, 0.3) is 0 Å². The lowest BCUT2D eigenvalue weighted by atomic mass is 9.76. The predicted octanol–water partition coefficient (Wildman–Crippen LogP) is 3.98. The topological polar surface area (TPSA) is 12.0 Å². The third kappa shape index (κ3) is 3.48. The molecule has 15 heavy (non-hydrogen) atoms. The van der Waals surface area contributed by atoms with Crippen molar-refractivity contribution in [1.82, 2.24) is 5.32 Å². The molecule has 0 saturated heterocycles. The van der Waals surface area contributed by atoms with E-state index >= 15 is 0 Å². The molecule has 0 bridgehead atoms. The third-order valence-corrected chi connectivity index (χ3v) is 4.16. The van der Waals surface area contributed by atoms with E-state index in [1.165, 1.54) is 38.5 Å². The van der Waals surface area contributed by atoms with Crippen LogP contribution in [0.15, 0.2) is 0 Å². The van der Waals surface area contributed by atoms with E-state index in [1.54, 1.807) is 0 Å². The molecule has 1 aliphatic rings. The van der Waals surface area contributed by atoms with E-state index in [0.717, 1.165) is 18.5 Å². The van der Waals surface area contributed by atoms with Crippen LogP contribution in [0.5, 0.6) is 0 Å². The Labute approximate surface area is 96.0 Å². The highest BCUT2D eigenvalue weighted by Crippen LogP contribution is 2.45. The van der Waals surface area contributed by atoms with Gasteiger partial charge in [0.05, 0.1) is 0 Å². The highest BCUT2D eigenvalue weighted by Gasteiger charge is 2.38. The van der Waals surface area contributed by atoms with Gasteiger partial charge in [-0.05, 0) is 37.1 Å². The summed E-state index contributed by atoms with van der Waals surface area (Å²) in [5.74, 6) is 0.906. The van der Waals surface area contributed by atoms with Crippen molar-refractivity contribution in [3.63, 3.8) is 0 Å². The molecule has 0 aliphatic heterocycles. The maximum absolute atomic E-state index is 3.71. The summed E-state index contributed by atoms with van der Waals surface area (Å²) in [5, 5.41) is 3.71. The van der Waals surface area contributed by atoms with Crippen LogP contribution in [0.3, 0.4) is 0 Å². The van der Waals surface area contributed by atoms with Crippen molar-refractivity contribution in [2.24, 2.45) is 11.3 Å². The summed E-state index contributed by atoms with van der Waals surface area (Å²) in [6.07, 6.45) is 8.38. The standard InChI is InChI=1S/C14H29N/c1-5-7-10-13(15-6-2)12-9-8-11-14(12,3)4/h12-13,15H,5-11H2,1-4H3. The molecule has 0 aromatic rings. The average Bonchev–Trinajstić information content (AvgIpc) is 2.53. The fourth-order valence-corrected chi connectivity index (χ4v) is 3.23. The minimum Gasteiger partial charge on any atom is -0.314 e. The number of nitrogens with one attached hydrogen (secondary N) is 1. The molecule has 0 aromatic carbocycles. The highest BCUT2D eigenvalue weighted by atomic mass is 14.9. The quantitative estimate of drug-likeness (QED) is 0.700. The number of rotatable bonds is 6. The van der Waals surface area contributed by atoms with Gasteiger partial charge in [0.1, 0.15) is 0 Å². The molecule has 0 aromatic heterocycles. The molecule has 1 nitrogen and oxygen atoms in total. The summed E-state index contributed by atoms with van der Waals surface area (Å²) in [7, 11) is 0. The summed E-state index contributed by atoms with van der Waals surface area (Å²) < 4.78 is 0. The fourth-order valence-electron chi connectivity index (χ4n) is 3.23. The monoisotopic (exact) mass is 211 g/mol. The molecule has 1 heteroatoms. The van der Waals surface area contributed by atoms with Crippen molar-refractivity contribution >= 4 is 0 Å². The number of hydrogen-bond acceptors (Lipinski definition) is 1. The molecule has 1 N–H and O–H groups in total. The van der Waals surface area contributed by atoms with Gasteiger partial charge >= 0.3 is 0 Å². The van der Waals surface area contributed by atoms with E-state index in [0.29, 0.717) is 5.41 Å². The Hall–Kier alpha value is -0.0400. The zero-order valence-electron chi connectivity index (χ0n) is 11.1. The highest BCUT2D eigenvalue weighted by molar-refractivity contribution is 4.92. The minimum absolute atomic E-state index is 0.570. The predicted molar refractivity (Wildman–Crippen MR) is 68.1 cm³/mol. The van der Waals surface area contributed by atoms with E-state index in [4.69, 9.17) is 0 Å². The minimum atomic E-state index is 0.570. The van der Waals surface area contributed by atoms with E-state index in [9.17, 15) is 0 Å². The van der Waals surface area contributed by atoms with Crippen molar-refractivity contribution in [3.8, 4) is 0 Å². The first-order chi connectivity index (χ1) is 7.11. The van der Waals surface area contributed by atoms with Crippen molar-refractivity contribution in [2.45, 2.75) is 72.3 Å². The largest absolute Gasteiger partial charge is 0.314 e. The van der Waals surface area contributed by atoms with Crippen LogP contribution in [0.4, 0.5) is 0 Å². The summed E-state index contributed by atoms with van der Waals surface area (Å²) >= 11 is 0. The first-order valence-corrected chi connectivity index (χ1v) is 6.85. The van der Waals surface area contributed by atoms with Gasteiger partial charge in [-0.25, -0.2) is 0 Å². The van der Waals surface area contributed by atoms with Gasteiger partial charge in [-0.15, -0.1) is 0 Å². The summed E-state index contributed by atoms with van der Waals surface area (Å²) in [6.45, 7) is 10.6. The molecule has 2 atom stereocenters. The molecule has 90 valence electrons. The number of unbranched alkanes of at least 4 members (excludes halogenated alkanes) is 1. The van der Waals surface area contributed by atoms with Crippen LogP contribution < -0.4 is 5.32 Å².